The number of unbranched alkanes of at least 4 members (excludes halogenated alkanes) is 16. The fraction of sp³-hybridized carbons (Fsp3) is 0.638. The summed E-state index contributed by atoms with van der Waals surface area (Å²) in [4.78, 5) is 37.9. The lowest BCUT2D eigenvalue weighted by molar-refractivity contribution is -0.166. The van der Waals surface area contributed by atoms with Gasteiger partial charge in [0, 0.05) is 19.3 Å². The summed E-state index contributed by atoms with van der Waals surface area (Å²) in [5, 5.41) is 0. The molecular formula is C58H94O6. The van der Waals surface area contributed by atoms with Crippen LogP contribution in [0, 0.1) is 0 Å². The molecule has 0 N–H and O–H groups in total. The van der Waals surface area contributed by atoms with Crippen LogP contribution in [0.5, 0.6) is 0 Å². The zero-order valence-corrected chi connectivity index (χ0v) is 41.3. The second-order valence-electron chi connectivity index (χ2n) is 16.7. The number of allylic oxidation sites excluding steroid dienone is 18. The van der Waals surface area contributed by atoms with E-state index in [9.17, 15) is 14.4 Å². The van der Waals surface area contributed by atoms with E-state index in [4.69, 9.17) is 14.2 Å². The molecule has 0 aromatic carbocycles. The van der Waals surface area contributed by atoms with Gasteiger partial charge in [-0.05, 0) is 89.9 Å². The average molecular weight is 887 g/mol. The molecule has 0 saturated carbocycles. The fourth-order valence-electron chi connectivity index (χ4n) is 6.72. The quantitative estimate of drug-likeness (QED) is 0.0262. The Morgan fingerprint density at radius 1 is 0.328 bits per heavy atom. The predicted molar refractivity (Wildman–Crippen MR) is 274 cm³/mol. The van der Waals surface area contributed by atoms with E-state index in [1.807, 2.05) is 12.2 Å². The van der Waals surface area contributed by atoms with Crippen molar-refractivity contribution in [3.63, 3.8) is 0 Å². The molecule has 0 heterocycles. The van der Waals surface area contributed by atoms with Crippen LogP contribution in [-0.4, -0.2) is 37.2 Å². The Kier molecular flexibility index (Phi) is 48.5. The van der Waals surface area contributed by atoms with Gasteiger partial charge in [0.15, 0.2) is 6.10 Å². The molecule has 0 bridgehead atoms. The molecule has 64 heavy (non-hydrogen) atoms. The standard InChI is InChI=1S/C58H94O6/c1-4-7-10-13-16-19-22-25-27-28-29-30-31-34-36-39-42-45-48-51-57(60)63-54-55(53-62-56(59)50-47-44-41-38-35-32-24-21-18-15-12-9-6-3)64-58(61)52-49-46-43-40-37-33-26-23-20-17-14-11-8-5-2/h7,9-10,12,16,18-19,21,25,27,29-30,32,34-36,41,44,55H,4-6,8,11,13-15,17,20,22-24,26,28,31,33,37-40,42-43,45-54H2,1-3H3/b10-7-,12-9-,19-16-,21-18-,27-25-,30-29-,35-32-,36-34-,44-41-. The van der Waals surface area contributed by atoms with Crippen molar-refractivity contribution in [3.8, 4) is 0 Å². The van der Waals surface area contributed by atoms with Crippen LogP contribution >= 0.6 is 0 Å². The summed E-state index contributed by atoms with van der Waals surface area (Å²) in [6, 6.07) is 0. The molecule has 0 aliphatic heterocycles. The van der Waals surface area contributed by atoms with Crippen LogP contribution in [0.25, 0.3) is 0 Å². The predicted octanol–water partition coefficient (Wildman–Crippen LogP) is 17.1. The Balaban J connectivity index is 4.52. The Morgan fingerprint density at radius 2 is 0.641 bits per heavy atom. The smallest absolute Gasteiger partial charge is 0.306 e. The van der Waals surface area contributed by atoms with E-state index < -0.39 is 6.10 Å². The lowest BCUT2D eigenvalue weighted by Gasteiger charge is -2.18. The molecule has 362 valence electrons. The molecule has 0 aromatic heterocycles. The largest absolute Gasteiger partial charge is 0.462 e. The molecule has 1 atom stereocenters. The van der Waals surface area contributed by atoms with Crippen molar-refractivity contribution in [1.82, 2.24) is 0 Å². The monoisotopic (exact) mass is 887 g/mol. The molecule has 0 radical (unpaired) electrons. The molecule has 0 aliphatic carbocycles. The summed E-state index contributed by atoms with van der Waals surface area (Å²) in [5.74, 6) is -1.03. The molecular weight excluding hydrogens is 793 g/mol. The van der Waals surface area contributed by atoms with Crippen LogP contribution in [0.2, 0.25) is 0 Å². The summed E-state index contributed by atoms with van der Waals surface area (Å²) in [6.07, 6.45) is 69.4. The van der Waals surface area contributed by atoms with E-state index >= 15 is 0 Å². The number of ether oxygens (including phenoxy) is 3. The van der Waals surface area contributed by atoms with E-state index in [1.165, 1.54) is 70.6 Å². The van der Waals surface area contributed by atoms with Gasteiger partial charge < -0.3 is 14.2 Å². The second-order valence-corrected chi connectivity index (χ2v) is 16.7. The van der Waals surface area contributed by atoms with Crippen molar-refractivity contribution in [2.24, 2.45) is 0 Å². The lowest BCUT2D eigenvalue weighted by atomic mass is 10.0. The first-order valence-corrected chi connectivity index (χ1v) is 25.9. The van der Waals surface area contributed by atoms with Crippen LogP contribution in [0.1, 0.15) is 220 Å². The molecule has 0 amide bonds. The highest BCUT2D eigenvalue weighted by molar-refractivity contribution is 5.71. The zero-order valence-electron chi connectivity index (χ0n) is 41.3. The Labute approximate surface area is 393 Å². The van der Waals surface area contributed by atoms with Crippen molar-refractivity contribution in [2.75, 3.05) is 13.2 Å². The maximum Gasteiger partial charge on any atom is 0.306 e. The molecule has 1 unspecified atom stereocenters. The molecule has 6 heteroatoms. The van der Waals surface area contributed by atoms with Gasteiger partial charge in [0.2, 0.25) is 0 Å². The van der Waals surface area contributed by atoms with E-state index in [0.717, 1.165) is 103 Å². The number of hydrogen-bond acceptors (Lipinski definition) is 6. The van der Waals surface area contributed by atoms with Crippen molar-refractivity contribution in [1.29, 1.82) is 0 Å². The van der Waals surface area contributed by atoms with Gasteiger partial charge in [0.25, 0.3) is 0 Å². The van der Waals surface area contributed by atoms with Gasteiger partial charge in [-0.15, -0.1) is 0 Å². The molecule has 6 nitrogen and oxygen atoms in total. The minimum atomic E-state index is -0.820. The molecule has 0 rings (SSSR count). The third kappa shape index (κ3) is 49.1. The van der Waals surface area contributed by atoms with E-state index in [-0.39, 0.29) is 37.5 Å². The van der Waals surface area contributed by atoms with Crippen molar-refractivity contribution < 1.29 is 28.6 Å². The third-order valence-corrected chi connectivity index (χ3v) is 10.5. The van der Waals surface area contributed by atoms with Gasteiger partial charge in [0.1, 0.15) is 13.2 Å². The van der Waals surface area contributed by atoms with Crippen molar-refractivity contribution in [3.05, 3.63) is 109 Å². The Bertz CT molecular complexity index is 1340. The minimum absolute atomic E-state index is 0.118. The number of hydrogen-bond donors (Lipinski definition) is 0. The first-order chi connectivity index (χ1) is 31.5. The number of rotatable bonds is 45. The summed E-state index contributed by atoms with van der Waals surface area (Å²) in [5.41, 5.74) is 0. The number of carbonyl (C=O) groups excluding carboxylic acids is 3. The van der Waals surface area contributed by atoms with Gasteiger partial charge >= 0.3 is 17.9 Å². The van der Waals surface area contributed by atoms with Crippen LogP contribution in [-0.2, 0) is 28.6 Å². The first kappa shape index (κ1) is 60.1. The molecule has 0 spiro atoms. The highest BCUT2D eigenvalue weighted by atomic mass is 16.6. The Morgan fingerprint density at radius 3 is 1.05 bits per heavy atom. The third-order valence-electron chi connectivity index (χ3n) is 10.5. The molecule has 0 saturated heterocycles. The van der Waals surface area contributed by atoms with Gasteiger partial charge in [0.05, 0.1) is 0 Å². The normalized spacial score (nSPS) is 13.0. The van der Waals surface area contributed by atoms with Crippen molar-refractivity contribution in [2.45, 2.75) is 226 Å². The maximum atomic E-state index is 12.8. The highest BCUT2D eigenvalue weighted by Crippen LogP contribution is 2.14. The molecule has 0 aromatic rings. The van der Waals surface area contributed by atoms with E-state index in [0.29, 0.717) is 19.3 Å². The minimum Gasteiger partial charge on any atom is -0.462 e. The van der Waals surface area contributed by atoms with Crippen LogP contribution in [0.3, 0.4) is 0 Å². The Hall–Kier alpha value is -3.93. The van der Waals surface area contributed by atoms with E-state index in [2.05, 4.69) is 118 Å². The topological polar surface area (TPSA) is 78.9 Å². The van der Waals surface area contributed by atoms with Crippen LogP contribution in [0.15, 0.2) is 109 Å². The molecule has 0 aliphatic rings. The maximum absolute atomic E-state index is 12.8. The number of carbonyl (C=O) groups is 3. The van der Waals surface area contributed by atoms with Crippen molar-refractivity contribution >= 4 is 17.9 Å². The highest BCUT2D eigenvalue weighted by Gasteiger charge is 2.19. The first-order valence-electron chi connectivity index (χ1n) is 25.9. The summed E-state index contributed by atoms with van der Waals surface area (Å²) in [6.45, 7) is 6.30. The van der Waals surface area contributed by atoms with E-state index in [1.54, 1.807) is 0 Å². The average Bonchev–Trinajstić information content (AvgIpc) is 3.29. The number of esters is 3. The van der Waals surface area contributed by atoms with Crippen LogP contribution in [0.4, 0.5) is 0 Å². The lowest BCUT2D eigenvalue weighted by Crippen LogP contribution is -2.30. The SMILES string of the molecule is CC/C=C\C/C=C\C/C=C\C/C=C\C/C=C\CCCCCC(=O)OCC(COC(=O)CC/C=C\C/C=C\C/C=C\C/C=C\CC)OC(=O)CCCCCCCCCCCCCCCC. The van der Waals surface area contributed by atoms with Gasteiger partial charge in [-0.3, -0.25) is 14.4 Å². The molecule has 0 fully saturated rings. The fourth-order valence-corrected chi connectivity index (χ4v) is 6.72. The van der Waals surface area contributed by atoms with Gasteiger partial charge in [-0.2, -0.15) is 0 Å². The zero-order chi connectivity index (χ0) is 46.5. The summed E-state index contributed by atoms with van der Waals surface area (Å²) < 4.78 is 16.7. The summed E-state index contributed by atoms with van der Waals surface area (Å²) >= 11 is 0. The van der Waals surface area contributed by atoms with Gasteiger partial charge in [-0.25, -0.2) is 0 Å². The second kappa shape index (κ2) is 51.7. The van der Waals surface area contributed by atoms with Gasteiger partial charge in [-0.1, -0.05) is 220 Å². The summed E-state index contributed by atoms with van der Waals surface area (Å²) in [7, 11) is 0. The van der Waals surface area contributed by atoms with Crippen LogP contribution < -0.4 is 0 Å².